The summed E-state index contributed by atoms with van der Waals surface area (Å²) in [5.74, 6) is 1.28. The van der Waals surface area contributed by atoms with Crippen LogP contribution in [0, 0.1) is 5.92 Å². The van der Waals surface area contributed by atoms with E-state index in [2.05, 4.69) is 10.1 Å². The van der Waals surface area contributed by atoms with E-state index in [9.17, 15) is 4.79 Å². The van der Waals surface area contributed by atoms with Crippen molar-refractivity contribution in [3.05, 3.63) is 29.3 Å². The Labute approximate surface area is 145 Å². The van der Waals surface area contributed by atoms with Crippen molar-refractivity contribution in [3.63, 3.8) is 0 Å². The van der Waals surface area contributed by atoms with Crippen molar-refractivity contribution < 1.29 is 14.1 Å². The van der Waals surface area contributed by atoms with Crippen molar-refractivity contribution in [1.29, 1.82) is 0 Å². The van der Waals surface area contributed by atoms with Gasteiger partial charge in [-0.15, -0.1) is 11.3 Å². The van der Waals surface area contributed by atoms with Gasteiger partial charge in [-0.3, -0.25) is 9.69 Å². The molecule has 0 aromatic carbocycles. The van der Waals surface area contributed by atoms with Crippen LogP contribution in [0.4, 0.5) is 0 Å². The maximum absolute atomic E-state index is 12.2. The first kappa shape index (κ1) is 15.8. The van der Waals surface area contributed by atoms with Crippen molar-refractivity contribution in [2.24, 2.45) is 5.92 Å². The maximum Gasteiger partial charge on any atom is 0.323 e. The predicted octanol–water partition coefficient (Wildman–Crippen LogP) is 3.71. The highest BCUT2D eigenvalue weighted by atomic mass is 32.1. The number of ether oxygens (including phenoxy) is 1. The normalized spacial score (nSPS) is 27.1. The summed E-state index contributed by atoms with van der Waals surface area (Å²) >= 11 is 1.64. The van der Waals surface area contributed by atoms with Gasteiger partial charge in [-0.25, -0.2) is 0 Å². The molecule has 3 heterocycles. The quantitative estimate of drug-likeness (QED) is 0.790. The molecular weight excluding hydrogens is 324 g/mol. The van der Waals surface area contributed by atoms with Gasteiger partial charge in [0.25, 0.3) is 0 Å². The third kappa shape index (κ3) is 2.89. The van der Waals surface area contributed by atoms with Gasteiger partial charge in [-0.05, 0) is 36.6 Å². The van der Waals surface area contributed by atoms with Crippen molar-refractivity contribution >= 4 is 17.3 Å². The topological polar surface area (TPSA) is 55.6 Å². The number of hydrogen-bond donors (Lipinski definition) is 0. The van der Waals surface area contributed by atoms with Crippen LogP contribution in [-0.4, -0.2) is 35.2 Å². The molecule has 5 nitrogen and oxygen atoms in total. The highest BCUT2D eigenvalue weighted by molar-refractivity contribution is 7.13. The number of hydrogen-bond acceptors (Lipinski definition) is 6. The minimum absolute atomic E-state index is 0.119. The molecule has 0 spiro atoms. The second kappa shape index (κ2) is 6.69. The molecule has 2 aliphatic rings. The molecule has 3 unspecified atom stereocenters. The number of likely N-dealkylation sites (tertiary alicyclic amines) is 1. The second-order valence-corrected chi connectivity index (χ2v) is 7.67. The van der Waals surface area contributed by atoms with Gasteiger partial charge in [-0.1, -0.05) is 24.1 Å². The minimum atomic E-state index is -0.148. The first-order chi connectivity index (χ1) is 11.8. The molecule has 6 heteroatoms. The van der Waals surface area contributed by atoms with Crippen LogP contribution in [0.1, 0.15) is 37.8 Å². The van der Waals surface area contributed by atoms with Gasteiger partial charge in [0.1, 0.15) is 6.04 Å². The van der Waals surface area contributed by atoms with E-state index in [1.165, 1.54) is 26.4 Å². The Balaban J connectivity index is 1.55. The third-order valence-corrected chi connectivity index (χ3v) is 6.25. The second-order valence-electron chi connectivity index (χ2n) is 6.72. The molecule has 0 N–H and O–H groups in total. The van der Waals surface area contributed by atoms with Crippen LogP contribution in [0.5, 0.6) is 0 Å². The van der Waals surface area contributed by atoms with Crippen molar-refractivity contribution in [1.82, 2.24) is 10.1 Å². The molecule has 0 bridgehead atoms. The Morgan fingerprint density at radius 1 is 1.46 bits per heavy atom. The highest BCUT2D eigenvalue weighted by Gasteiger charge is 2.45. The lowest BCUT2D eigenvalue weighted by atomic mass is 9.85. The largest absolute Gasteiger partial charge is 0.468 e. The fourth-order valence-corrected chi connectivity index (χ4v) is 4.93. The molecule has 1 saturated heterocycles. The van der Waals surface area contributed by atoms with Gasteiger partial charge >= 0.3 is 5.97 Å². The van der Waals surface area contributed by atoms with Gasteiger partial charge in [-0.2, -0.15) is 0 Å². The third-order valence-electron chi connectivity index (χ3n) is 5.36. The number of nitrogens with zero attached hydrogens (tertiary/aromatic N) is 2. The molecule has 2 fully saturated rings. The summed E-state index contributed by atoms with van der Waals surface area (Å²) < 4.78 is 10.5. The van der Waals surface area contributed by atoms with E-state index < -0.39 is 0 Å². The Hall–Kier alpha value is -1.66. The van der Waals surface area contributed by atoms with Crippen LogP contribution in [0.15, 0.2) is 28.1 Å². The van der Waals surface area contributed by atoms with Gasteiger partial charge < -0.3 is 9.26 Å². The Morgan fingerprint density at radius 2 is 2.33 bits per heavy atom. The van der Waals surface area contributed by atoms with Crippen LogP contribution >= 0.6 is 11.3 Å². The lowest BCUT2D eigenvalue weighted by molar-refractivity contribution is -0.146. The monoisotopic (exact) mass is 346 g/mol. The zero-order valence-corrected chi connectivity index (χ0v) is 14.6. The standard InChI is InChI=1S/C18H22N2O3S/c1-22-18(21)15-9-12-5-2-3-6-14(12)20(15)11-13-10-16(23-19-13)17-7-4-8-24-17/h4,7-8,10,12,14-15H,2-3,5-6,9,11H2,1H3. The number of methoxy groups -OCH3 is 1. The van der Waals surface area contributed by atoms with Crippen LogP contribution in [0.25, 0.3) is 10.6 Å². The number of rotatable bonds is 4. The Kier molecular flexibility index (Phi) is 4.41. The molecule has 0 amide bonds. The maximum atomic E-state index is 12.2. The zero-order valence-electron chi connectivity index (χ0n) is 13.8. The fraction of sp³-hybridized carbons (Fsp3) is 0.556. The van der Waals surface area contributed by atoms with Gasteiger partial charge in [0, 0.05) is 18.7 Å². The zero-order chi connectivity index (χ0) is 16.5. The number of fused-ring (bicyclic) bond motifs is 1. The Bertz CT molecular complexity index is 697. The minimum Gasteiger partial charge on any atom is -0.468 e. The summed E-state index contributed by atoms with van der Waals surface area (Å²) in [6, 6.07) is 6.34. The molecule has 24 heavy (non-hydrogen) atoms. The Morgan fingerprint density at radius 3 is 3.12 bits per heavy atom. The van der Waals surface area contributed by atoms with Crippen LogP contribution in [0.3, 0.4) is 0 Å². The smallest absolute Gasteiger partial charge is 0.323 e. The molecule has 1 aliphatic heterocycles. The number of thiophene rings is 1. The van der Waals surface area contributed by atoms with Gasteiger partial charge in [0.05, 0.1) is 17.7 Å². The molecule has 1 saturated carbocycles. The summed E-state index contributed by atoms with van der Waals surface area (Å²) in [6.07, 6.45) is 5.80. The summed E-state index contributed by atoms with van der Waals surface area (Å²) in [5, 5.41) is 6.26. The molecule has 128 valence electrons. The number of carbonyl (C=O) groups excluding carboxylic acids is 1. The SMILES string of the molecule is COC(=O)C1CC2CCCCC2N1Cc1cc(-c2cccs2)on1. The molecule has 2 aromatic heterocycles. The summed E-state index contributed by atoms with van der Waals surface area (Å²) in [7, 11) is 1.48. The summed E-state index contributed by atoms with van der Waals surface area (Å²) in [5.41, 5.74) is 0.888. The van der Waals surface area contributed by atoms with Crippen molar-refractivity contribution in [3.8, 4) is 10.6 Å². The molecule has 3 atom stereocenters. The van der Waals surface area contributed by atoms with Crippen LogP contribution < -0.4 is 0 Å². The lowest BCUT2D eigenvalue weighted by Gasteiger charge is -2.32. The molecule has 1 aliphatic carbocycles. The first-order valence-corrected chi connectivity index (χ1v) is 9.47. The molecule has 2 aromatic rings. The lowest BCUT2D eigenvalue weighted by Crippen LogP contribution is -2.42. The van der Waals surface area contributed by atoms with E-state index in [4.69, 9.17) is 9.26 Å². The van der Waals surface area contributed by atoms with Crippen molar-refractivity contribution in [2.45, 2.75) is 50.7 Å². The van der Waals surface area contributed by atoms with Gasteiger partial charge in [0.2, 0.25) is 0 Å². The number of aromatic nitrogens is 1. The van der Waals surface area contributed by atoms with E-state index in [1.807, 2.05) is 23.6 Å². The number of esters is 1. The van der Waals surface area contributed by atoms with E-state index >= 15 is 0 Å². The average molecular weight is 346 g/mol. The molecular formula is C18H22N2O3S. The van der Waals surface area contributed by atoms with E-state index in [-0.39, 0.29) is 12.0 Å². The van der Waals surface area contributed by atoms with E-state index in [0.29, 0.717) is 18.5 Å². The van der Waals surface area contributed by atoms with E-state index in [0.717, 1.165) is 29.2 Å². The van der Waals surface area contributed by atoms with Crippen LogP contribution in [-0.2, 0) is 16.1 Å². The van der Waals surface area contributed by atoms with E-state index in [1.54, 1.807) is 11.3 Å². The summed E-state index contributed by atoms with van der Waals surface area (Å²) in [6.45, 7) is 0.649. The fourth-order valence-electron chi connectivity index (χ4n) is 4.26. The first-order valence-electron chi connectivity index (χ1n) is 8.59. The van der Waals surface area contributed by atoms with Crippen LogP contribution in [0.2, 0.25) is 0 Å². The highest BCUT2D eigenvalue weighted by Crippen LogP contribution is 2.41. The van der Waals surface area contributed by atoms with Crippen molar-refractivity contribution in [2.75, 3.05) is 7.11 Å². The summed E-state index contributed by atoms with van der Waals surface area (Å²) in [4.78, 5) is 15.6. The van der Waals surface area contributed by atoms with Gasteiger partial charge in [0.15, 0.2) is 5.76 Å². The molecule has 4 rings (SSSR count). The average Bonchev–Trinajstić information content (AvgIpc) is 3.34. The predicted molar refractivity (Wildman–Crippen MR) is 91.5 cm³/mol. The number of carbonyl (C=O) groups is 1. The molecule has 0 radical (unpaired) electrons.